The number of carbonyl (C=O) groups excluding carboxylic acids is 1. The van der Waals surface area contributed by atoms with Gasteiger partial charge in [-0.2, -0.15) is 5.10 Å². The molecule has 15 nitrogen and oxygen atoms in total. The maximum atomic E-state index is 15.0. The molecular weight excluding hydrogens is 717 g/mol. The number of sulfonamides is 1. The first-order chi connectivity index (χ1) is 26.1. The van der Waals surface area contributed by atoms with Crippen LogP contribution in [-0.2, 0) is 21.3 Å². The van der Waals surface area contributed by atoms with Gasteiger partial charge in [0.15, 0.2) is 28.3 Å². The molecule has 1 saturated heterocycles. The van der Waals surface area contributed by atoms with Crippen LogP contribution < -0.4 is 28.6 Å². The van der Waals surface area contributed by atoms with Gasteiger partial charge in [-0.05, 0) is 68.0 Å². The second kappa shape index (κ2) is 15.1. The van der Waals surface area contributed by atoms with Crippen molar-refractivity contribution >= 4 is 44.2 Å². The SMILES string of the molecule is COc1ccc(CN(c2noc3cc(Nc4cc(C5CC5)n(C5CCCCO5)n4)c(OC)cc23)S(=O)(=O)c2c(OC)cc(C(=O)N(C)C)cc2OC)cc1. The predicted octanol–water partition coefficient (Wildman–Crippen LogP) is 6.48. The minimum atomic E-state index is -4.55. The highest BCUT2D eigenvalue weighted by molar-refractivity contribution is 7.93. The maximum Gasteiger partial charge on any atom is 0.273 e. The van der Waals surface area contributed by atoms with E-state index >= 15 is 0 Å². The van der Waals surface area contributed by atoms with E-state index in [1.807, 2.05) is 10.7 Å². The average Bonchev–Trinajstić information content (AvgIpc) is 3.83. The molecule has 0 radical (unpaired) electrons. The lowest BCUT2D eigenvalue weighted by atomic mass is 10.1. The molecule has 3 aromatic carbocycles. The van der Waals surface area contributed by atoms with E-state index in [1.54, 1.807) is 57.6 Å². The number of methoxy groups -OCH3 is 4. The van der Waals surface area contributed by atoms with Crippen molar-refractivity contribution in [3.05, 3.63) is 71.4 Å². The summed E-state index contributed by atoms with van der Waals surface area (Å²) in [7, 11) is 4.38. The second-order valence-corrected chi connectivity index (χ2v) is 15.2. The van der Waals surface area contributed by atoms with Gasteiger partial charge in [0.05, 0.1) is 46.1 Å². The van der Waals surface area contributed by atoms with Gasteiger partial charge in [0, 0.05) is 50.0 Å². The van der Waals surface area contributed by atoms with Gasteiger partial charge in [0.1, 0.15) is 23.0 Å². The zero-order chi connectivity index (χ0) is 38.1. The molecular formula is C38H44N6O9S. The molecule has 1 atom stereocenters. The highest BCUT2D eigenvalue weighted by Crippen LogP contribution is 2.45. The largest absolute Gasteiger partial charge is 0.497 e. The number of anilines is 3. The summed E-state index contributed by atoms with van der Waals surface area (Å²) in [5, 5.41) is 13.0. The quantitative estimate of drug-likeness (QED) is 0.132. The van der Waals surface area contributed by atoms with Gasteiger partial charge in [-0.1, -0.05) is 17.3 Å². The van der Waals surface area contributed by atoms with Crippen molar-refractivity contribution in [2.75, 3.05) is 58.8 Å². The van der Waals surface area contributed by atoms with E-state index in [4.69, 9.17) is 33.3 Å². The van der Waals surface area contributed by atoms with Crippen molar-refractivity contribution in [1.29, 1.82) is 0 Å². The number of carbonyl (C=O) groups is 1. The summed E-state index contributed by atoms with van der Waals surface area (Å²) in [5.74, 6) is 1.56. The number of aromatic nitrogens is 3. The van der Waals surface area contributed by atoms with E-state index < -0.39 is 10.0 Å². The van der Waals surface area contributed by atoms with Crippen LogP contribution in [0.1, 0.15) is 65.9 Å². The Morgan fingerprint density at radius 1 is 0.907 bits per heavy atom. The van der Waals surface area contributed by atoms with Crippen LogP contribution >= 0.6 is 0 Å². The van der Waals surface area contributed by atoms with Crippen LogP contribution in [0.25, 0.3) is 11.0 Å². The summed E-state index contributed by atoms with van der Waals surface area (Å²) in [6.45, 7) is 0.549. The third-order valence-electron chi connectivity index (χ3n) is 9.61. The van der Waals surface area contributed by atoms with E-state index in [0.29, 0.717) is 52.1 Å². The average molecular weight is 761 g/mol. The normalized spacial score (nSPS) is 15.9. The van der Waals surface area contributed by atoms with Crippen LogP contribution in [0.4, 0.5) is 17.3 Å². The number of rotatable bonds is 14. The number of fused-ring (bicyclic) bond motifs is 1. The van der Waals surface area contributed by atoms with E-state index in [-0.39, 0.29) is 46.5 Å². The molecule has 1 aliphatic heterocycles. The van der Waals surface area contributed by atoms with E-state index in [0.717, 1.165) is 42.1 Å². The number of amides is 1. The van der Waals surface area contributed by atoms with Crippen LogP contribution in [0.2, 0.25) is 0 Å². The fourth-order valence-electron chi connectivity index (χ4n) is 6.63. The zero-order valence-electron chi connectivity index (χ0n) is 31.1. The minimum absolute atomic E-state index is 0.00189. The van der Waals surface area contributed by atoms with Crippen LogP contribution in [0.5, 0.6) is 23.0 Å². The first-order valence-corrected chi connectivity index (χ1v) is 19.1. The Labute approximate surface area is 313 Å². The van der Waals surface area contributed by atoms with Crippen molar-refractivity contribution in [2.45, 2.75) is 55.7 Å². The number of nitrogens with one attached hydrogen (secondary N) is 1. The number of ether oxygens (including phenoxy) is 5. The summed E-state index contributed by atoms with van der Waals surface area (Å²) in [6.07, 6.45) is 5.15. The Balaban J connectivity index is 1.31. The molecule has 3 heterocycles. The van der Waals surface area contributed by atoms with E-state index in [9.17, 15) is 13.2 Å². The van der Waals surface area contributed by atoms with Gasteiger partial charge in [-0.15, -0.1) is 0 Å². The first-order valence-electron chi connectivity index (χ1n) is 17.6. The molecule has 0 spiro atoms. The number of hydrogen-bond acceptors (Lipinski definition) is 12. The van der Waals surface area contributed by atoms with Gasteiger partial charge >= 0.3 is 0 Å². The molecule has 1 amide bonds. The molecule has 1 unspecified atom stereocenters. The lowest BCUT2D eigenvalue weighted by molar-refractivity contribution is -0.0409. The second-order valence-electron chi connectivity index (χ2n) is 13.4. The van der Waals surface area contributed by atoms with Gasteiger partial charge in [-0.25, -0.2) is 17.4 Å². The van der Waals surface area contributed by atoms with Gasteiger partial charge in [0.2, 0.25) is 0 Å². The topological polar surface area (TPSA) is 160 Å². The van der Waals surface area contributed by atoms with Crippen molar-refractivity contribution in [1.82, 2.24) is 19.8 Å². The van der Waals surface area contributed by atoms with Gasteiger partial charge in [-0.3, -0.25) is 4.79 Å². The molecule has 5 aromatic rings. The minimum Gasteiger partial charge on any atom is -0.497 e. The van der Waals surface area contributed by atoms with Crippen LogP contribution in [0.3, 0.4) is 0 Å². The molecule has 54 heavy (non-hydrogen) atoms. The first kappa shape index (κ1) is 36.9. The Morgan fingerprint density at radius 2 is 1.61 bits per heavy atom. The molecule has 2 aliphatic rings. The Kier molecular flexibility index (Phi) is 10.3. The Morgan fingerprint density at radius 3 is 2.20 bits per heavy atom. The van der Waals surface area contributed by atoms with Gasteiger partial charge < -0.3 is 38.4 Å². The van der Waals surface area contributed by atoms with Crippen molar-refractivity contribution in [2.24, 2.45) is 0 Å². The Bertz CT molecular complexity index is 2230. The van der Waals surface area contributed by atoms with Crippen molar-refractivity contribution < 1.29 is 41.4 Å². The summed E-state index contributed by atoms with van der Waals surface area (Å²) in [4.78, 5) is 14.0. The number of nitrogens with zero attached hydrogens (tertiary/aromatic N) is 5. The molecule has 1 N–H and O–H groups in total. The van der Waals surface area contributed by atoms with Crippen molar-refractivity contribution in [3.8, 4) is 23.0 Å². The van der Waals surface area contributed by atoms with Crippen LogP contribution in [0, 0.1) is 0 Å². The monoisotopic (exact) mass is 760 g/mol. The molecule has 7 rings (SSSR count). The van der Waals surface area contributed by atoms with E-state index in [2.05, 4.69) is 10.5 Å². The summed E-state index contributed by atoms with van der Waals surface area (Å²) >= 11 is 0. The molecule has 2 fully saturated rings. The third kappa shape index (κ3) is 7.10. The third-order valence-corrected chi connectivity index (χ3v) is 11.4. The van der Waals surface area contributed by atoms with Crippen molar-refractivity contribution in [3.63, 3.8) is 0 Å². The van der Waals surface area contributed by atoms with Gasteiger partial charge in [0.25, 0.3) is 15.9 Å². The molecule has 286 valence electrons. The maximum absolute atomic E-state index is 15.0. The lowest BCUT2D eigenvalue weighted by Gasteiger charge is -2.25. The number of benzene rings is 3. The standard InChI is InChI=1S/C38H44N6O9S/c1-42(2)38(45)25-17-32(50-5)36(33(18-25)51-6)54(46,47)43(22-23-10-14-26(48-3)15-11-23)37-27-19-31(49-4)28(20-30(27)53-41-37)39-34-21-29(24-12-13-24)44(40-34)35-9-7-8-16-52-35/h10-11,14-15,17-21,24,35H,7-9,12-13,16,22H2,1-6H3,(H,39,40). The Hall–Kier alpha value is -5.48. The summed E-state index contributed by atoms with van der Waals surface area (Å²) in [5.41, 5.74) is 2.80. The lowest BCUT2D eigenvalue weighted by Crippen LogP contribution is -2.32. The highest BCUT2D eigenvalue weighted by atomic mass is 32.2. The molecule has 1 saturated carbocycles. The van der Waals surface area contributed by atoms with E-state index in [1.165, 1.54) is 38.4 Å². The molecule has 16 heteroatoms. The number of hydrogen-bond donors (Lipinski definition) is 1. The van der Waals surface area contributed by atoms with Crippen LogP contribution in [0.15, 0.2) is 64.0 Å². The fourth-order valence-corrected chi connectivity index (χ4v) is 8.33. The molecule has 1 aliphatic carbocycles. The highest BCUT2D eigenvalue weighted by Gasteiger charge is 2.37. The van der Waals surface area contributed by atoms with Crippen LogP contribution in [-0.4, -0.2) is 83.3 Å². The predicted molar refractivity (Wildman–Crippen MR) is 201 cm³/mol. The fraction of sp³-hybridized carbons (Fsp3) is 0.395. The molecule has 2 aromatic heterocycles. The summed E-state index contributed by atoms with van der Waals surface area (Å²) in [6, 6.07) is 15.2. The zero-order valence-corrected chi connectivity index (χ0v) is 31.9. The summed E-state index contributed by atoms with van der Waals surface area (Å²) < 4.78 is 67.3. The smallest absolute Gasteiger partial charge is 0.273 e. The molecule has 0 bridgehead atoms.